The molecule has 2 rings (SSSR count). The Morgan fingerprint density at radius 2 is 1.38 bits per heavy atom. The number of nitrogens with zero attached hydrogens (tertiary/aromatic N) is 2. The largest absolute Gasteiger partial charge is 0.411 e. The van der Waals surface area contributed by atoms with Crippen LogP contribution >= 0.6 is 0 Å². The fraction of sp³-hybridized carbons (Fsp3) is 0.409. The number of hydrogen-bond acceptors (Lipinski definition) is 3. The summed E-state index contributed by atoms with van der Waals surface area (Å²) in [6, 6.07) is 18.9. The lowest BCUT2D eigenvalue weighted by molar-refractivity contribution is -0.906. The molecule has 0 heterocycles. The molecule has 0 spiro atoms. The van der Waals surface area contributed by atoms with Crippen molar-refractivity contribution in [2.75, 3.05) is 26.7 Å². The highest BCUT2D eigenvalue weighted by Crippen LogP contribution is 2.33. The molecular formula is C22H31N2O2+. The fourth-order valence-electron chi connectivity index (χ4n) is 3.33. The zero-order valence-corrected chi connectivity index (χ0v) is 16.1. The second-order valence-corrected chi connectivity index (χ2v) is 7.07. The number of benzene rings is 2. The number of rotatable bonds is 9. The quantitative estimate of drug-likeness (QED) is 0.309. The summed E-state index contributed by atoms with van der Waals surface area (Å²) < 4.78 is 0.966. The van der Waals surface area contributed by atoms with E-state index in [0.29, 0.717) is 23.3 Å². The first-order valence-electron chi connectivity index (χ1n) is 9.38. The second kappa shape index (κ2) is 8.97. The molecule has 0 saturated carbocycles. The molecule has 0 aliphatic rings. The van der Waals surface area contributed by atoms with E-state index >= 15 is 0 Å². The molecule has 2 N–H and O–H groups in total. The van der Waals surface area contributed by atoms with Gasteiger partial charge in [0.2, 0.25) is 0 Å². The molecular weight excluding hydrogens is 324 g/mol. The van der Waals surface area contributed by atoms with Gasteiger partial charge in [-0.2, -0.15) is 0 Å². The van der Waals surface area contributed by atoms with E-state index < -0.39 is 5.60 Å². The highest BCUT2D eigenvalue weighted by Gasteiger charge is 2.37. The molecule has 0 saturated heterocycles. The molecule has 4 heteroatoms. The molecule has 0 radical (unpaired) electrons. The van der Waals surface area contributed by atoms with Gasteiger partial charge in [0.25, 0.3) is 0 Å². The Balaban J connectivity index is 2.32. The van der Waals surface area contributed by atoms with Crippen molar-refractivity contribution in [3.63, 3.8) is 0 Å². The number of quaternary nitrogens is 1. The van der Waals surface area contributed by atoms with Gasteiger partial charge in [-0.3, -0.25) is 0 Å². The molecule has 0 aromatic heterocycles. The van der Waals surface area contributed by atoms with Gasteiger partial charge < -0.3 is 14.8 Å². The first-order valence-corrected chi connectivity index (χ1v) is 9.38. The lowest BCUT2D eigenvalue weighted by Gasteiger charge is -2.33. The highest BCUT2D eigenvalue weighted by molar-refractivity contribution is 5.96. The van der Waals surface area contributed by atoms with E-state index in [-0.39, 0.29) is 0 Å². The summed E-state index contributed by atoms with van der Waals surface area (Å²) in [5.74, 6) is 0. The summed E-state index contributed by atoms with van der Waals surface area (Å²) in [5.41, 5.74) is 0.372. The summed E-state index contributed by atoms with van der Waals surface area (Å²) in [6.07, 6.45) is 1.38. The molecule has 4 nitrogen and oxygen atoms in total. The van der Waals surface area contributed by atoms with Gasteiger partial charge in [-0.05, 0) is 31.4 Å². The van der Waals surface area contributed by atoms with Gasteiger partial charge in [0, 0.05) is 6.42 Å². The Bertz CT molecular complexity index is 655. The van der Waals surface area contributed by atoms with E-state index in [1.165, 1.54) is 0 Å². The predicted octanol–water partition coefficient (Wildman–Crippen LogP) is 4.02. The van der Waals surface area contributed by atoms with Crippen LogP contribution < -0.4 is 0 Å². The zero-order chi connectivity index (χ0) is 19.0. The first kappa shape index (κ1) is 20.1. The fourth-order valence-corrected chi connectivity index (χ4v) is 3.33. The molecule has 2 aromatic carbocycles. The third-order valence-electron chi connectivity index (χ3n) is 5.56. The SMILES string of the molecule is CC[N+](C)(CC)CCC/C(=N\O)C(O)(c1ccccc1)c1ccccc1. The van der Waals surface area contributed by atoms with Crippen molar-refractivity contribution >= 4 is 5.71 Å². The Labute approximate surface area is 157 Å². The predicted molar refractivity (Wildman–Crippen MR) is 106 cm³/mol. The van der Waals surface area contributed by atoms with E-state index in [1.807, 2.05) is 60.7 Å². The second-order valence-electron chi connectivity index (χ2n) is 7.07. The Hall–Kier alpha value is -2.17. The average Bonchev–Trinajstić information content (AvgIpc) is 2.71. The number of oxime groups is 1. The van der Waals surface area contributed by atoms with Crippen LogP contribution in [0.5, 0.6) is 0 Å². The minimum atomic E-state index is -1.43. The van der Waals surface area contributed by atoms with E-state index in [2.05, 4.69) is 26.1 Å². The molecule has 0 aliphatic heterocycles. The maximum Gasteiger partial charge on any atom is 0.156 e. The Kier molecular flexibility index (Phi) is 6.95. The first-order chi connectivity index (χ1) is 12.5. The smallest absolute Gasteiger partial charge is 0.156 e. The minimum Gasteiger partial charge on any atom is -0.411 e. The lowest BCUT2D eigenvalue weighted by atomic mass is 9.80. The number of aliphatic hydroxyl groups is 1. The Morgan fingerprint density at radius 3 is 1.77 bits per heavy atom. The third kappa shape index (κ3) is 4.32. The molecule has 0 fully saturated rings. The molecule has 140 valence electrons. The highest BCUT2D eigenvalue weighted by atomic mass is 16.4. The van der Waals surface area contributed by atoms with Crippen LogP contribution in [-0.2, 0) is 5.60 Å². The van der Waals surface area contributed by atoms with Crippen molar-refractivity contribution < 1.29 is 14.8 Å². The van der Waals surface area contributed by atoms with Crippen molar-refractivity contribution in [3.8, 4) is 0 Å². The zero-order valence-electron chi connectivity index (χ0n) is 16.1. The maximum atomic E-state index is 11.7. The van der Waals surface area contributed by atoms with Crippen LogP contribution in [0.15, 0.2) is 65.8 Å². The van der Waals surface area contributed by atoms with Gasteiger partial charge in [0.15, 0.2) is 5.60 Å². The number of hydrogen-bond donors (Lipinski definition) is 2. The summed E-state index contributed by atoms with van der Waals surface area (Å²) in [6.45, 7) is 7.47. The van der Waals surface area contributed by atoms with Crippen molar-refractivity contribution in [1.29, 1.82) is 0 Å². The van der Waals surface area contributed by atoms with Crippen LogP contribution in [0.2, 0.25) is 0 Å². The molecule has 0 aliphatic carbocycles. The molecule has 0 unspecified atom stereocenters. The van der Waals surface area contributed by atoms with Gasteiger partial charge in [-0.15, -0.1) is 0 Å². The lowest BCUT2D eigenvalue weighted by Crippen LogP contribution is -2.45. The van der Waals surface area contributed by atoms with Gasteiger partial charge in [0.05, 0.1) is 32.4 Å². The standard InChI is InChI=1S/C22H30N2O2/c1-4-24(3,5-2)18-12-17-21(23-26)22(25,19-13-8-6-9-14-19)20-15-10-7-11-16-20/h6-11,13-16,25H,4-5,12,17-18H2,1-3H3/p+1/b23-21+. The summed E-state index contributed by atoms with van der Waals surface area (Å²) in [4.78, 5) is 0. The summed E-state index contributed by atoms with van der Waals surface area (Å²) in [7, 11) is 2.23. The van der Waals surface area contributed by atoms with Crippen LogP contribution in [0.3, 0.4) is 0 Å². The molecule has 0 bridgehead atoms. The molecule has 0 amide bonds. The normalized spacial score (nSPS) is 13.0. The van der Waals surface area contributed by atoms with Crippen LogP contribution in [-0.4, -0.2) is 47.2 Å². The molecule has 2 aromatic rings. The van der Waals surface area contributed by atoms with E-state index in [1.54, 1.807) is 0 Å². The van der Waals surface area contributed by atoms with Crippen molar-refractivity contribution in [3.05, 3.63) is 71.8 Å². The molecule has 26 heavy (non-hydrogen) atoms. The van der Waals surface area contributed by atoms with Crippen molar-refractivity contribution in [1.82, 2.24) is 0 Å². The van der Waals surface area contributed by atoms with Crippen LogP contribution in [0.4, 0.5) is 0 Å². The van der Waals surface area contributed by atoms with Crippen LogP contribution in [0, 0.1) is 0 Å². The van der Waals surface area contributed by atoms with Crippen LogP contribution in [0.25, 0.3) is 0 Å². The average molecular weight is 356 g/mol. The maximum absolute atomic E-state index is 11.7. The van der Waals surface area contributed by atoms with Gasteiger partial charge in [0.1, 0.15) is 0 Å². The summed E-state index contributed by atoms with van der Waals surface area (Å²) >= 11 is 0. The summed E-state index contributed by atoms with van der Waals surface area (Å²) in [5, 5.41) is 25.0. The van der Waals surface area contributed by atoms with Gasteiger partial charge in [-0.25, -0.2) is 0 Å². The minimum absolute atomic E-state index is 0.383. The van der Waals surface area contributed by atoms with Crippen molar-refractivity contribution in [2.45, 2.75) is 32.3 Å². The van der Waals surface area contributed by atoms with E-state index in [0.717, 1.165) is 30.5 Å². The van der Waals surface area contributed by atoms with E-state index in [4.69, 9.17) is 0 Å². The molecule has 0 atom stereocenters. The van der Waals surface area contributed by atoms with Gasteiger partial charge in [-0.1, -0.05) is 65.8 Å². The van der Waals surface area contributed by atoms with Crippen LogP contribution in [0.1, 0.15) is 37.8 Å². The monoisotopic (exact) mass is 355 g/mol. The third-order valence-corrected chi connectivity index (χ3v) is 5.56. The Morgan fingerprint density at radius 1 is 0.923 bits per heavy atom. The topological polar surface area (TPSA) is 52.8 Å². The van der Waals surface area contributed by atoms with E-state index in [9.17, 15) is 10.3 Å². The van der Waals surface area contributed by atoms with Crippen molar-refractivity contribution in [2.24, 2.45) is 5.16 Å². The van der Waals surface area contributed by atoms with Gasteiger partial charge >= 0.3 is 0 Å².